The van der Waals surface area contributed by atoms with E-state index in [9.17, 15) is 9.59 Å². The van der Waals surface area contributed by atoms with Crippen LogP contribution in [-0.4, -0.2) is 18.2 Å². The Bertz CT molecular complexity index is 529. The molecule has 0 heterocycles. The molecule has 0 unspecified atom stereocenters. The fourth-order valence-electron chi connectivity index (χ4n) is 2.29. The van der Waals surface area contributed by atoms with E-state index in [0.29, 0.717) is 17.7 Å². The van der Waals surface area contributed by atoms with Gasteiger partial charge in [0.15, 0.2) is 11.5 Å². The quantitative estimate of drug-likeness (QED) is 0.706. The molecule has 0 atom stereocenters. The van der Waals surface area contributed by atoms with Gasteiger partial charge >= 0.3 is 0 Å². The molecule has 3 nitrogen and oxygen atoms in total. The zero-order valence-electron chi connectivity index (χ0n) is 11.9. The first-order chi connectivity index (χ1) is 9.74. The third-order valence-electron chi connectivity index (χ3n) is 3.43. The van der Waals surface area contributed by atoms with Gasteiger partial charge in [-0.2, -0.15) is 0 Å². The number of fused-ring (bicyclic) bond motifs is 1. The van der Waals surface area contributed by atoms with Gasteiger partial charge in [-0.1, -0.05) is 56.9 Å². The minimum absolute atomic E-state index is 0.152. The Balaban J connectivity index is 1.91. The summed E-state index contributed by atoms with van der Waals surface area (Å²) < 4.78 is 5.49. The van der Waals surface area contributed by atoms with Crippen LogP contribution in [0.1, 0.15) is 59.7 Å². The summed E-state index contributed by atoms with van der Waals surface area (Å²) in [6, 6.07) is 6.87. The minimum Gasteiger partial charge on any atom is -0.489 e. The summed E-state index contributed by atoms with van der Waals surface area (Å²) in [5.41, 5.74) is 0.911. The number of allylic oxidation sites excluding steroid dienone is 2. The van der Waals surface area contributed by atoms with Crippen LogP contribution in [-0.2, 0) is 4.74 Å². The van der Waals surface area contributed by atoms with E-state index >= 15 is 0 Å². The van der Waals surface area contributed by atoms with E-state index in [1.807, 2.05) is 0 Å². The van der Waals surface area contributed by atoms with Gasteiger partial charge in [0.25, 0.3) is 0 Å². The van der Waals surface area contributed by atoms with Crippen molar-refractivity contribution in [3.8, 4) is 0 Å². The molecular weight excluding hydrogens is 252 g/mol. The average molecular weight is 272 g/mol. The number of benzene rings is 1. The number of hydrogen-bond acceptors (Lipinski definition) is 3. The normalized spacial score (nSPS) is 13.9. The van der Waals surface area contributed by atoms with E-state index in [2.05, 4.69) is 6.92 Å². The number of carbonyl (C=O) groups is 2. The Morgan fingerprint density at radius 2 is 1.65 bits per heavy atom. The second-order valence-corrected chi connectivity index (χ2v) is 5.01. The van der Waals surface area contributed by atoms with Gasteiger partial charge in [-0.3, -0.25) is 9.59 Å². The smallest absolute Gasteiger partial charge is 0.228 e. The van der Waals surface area contributed by atoms with Gasteiger partial charge in [0, 0.05) is 17.2 Å². The van der Waals surface area contributed by atoms with Crippen LogP contribution in [0.15, 0.2) is 36.1 Å². The second kappa shape index (κ2) is 7.04. The Kier molecular flexibility index (Phi) is 5.10. The summed E-state index contributed by atoms with van der Waals surface area (Å²) in [6.07, 6.45) is 6.95. The minimum atomic E-state index is -0.186. The fourth-order valence-corrected chi connectivity index (χ4v) is 2.29. The van der Waals surface area contributed by atoms with Crippen molar-refractivity contribution in [1.29, 1.82) is 0 Å². The van der Waals surface area contributed by atoms with Gasteiger partial charge in [-0.25, -0.2) is 0 Å². The first kappa shape index (κ1) is 14.5. The first-order valence-corrected chi connectivity index (χ1v) is 7.26. The summed E-state index contributed by atoms with van der Waals surface area (Å²) in [6.45, 7) is 2.67. The molecule has 0 amide bonds. The van der Waals surface area contributed by atoms with Crippen LogP contribution in [0, 0.1) is 0 Å². The molecule has 0 aliphatic heterocycles. The molecule has 0 saturated carbocycles. The highest BCUT2D eigenvalue weighted by atomic mass is 16.5. The van der Waals surface area contributed by atoms with E-state index in [1.165, 1.54) is 25.3 Å². The molecule has 1 aromatic rings. The largest absolute Gasteiger partial charge is 0.489 e. The number of hydrogen-bond donors (Lipinski definition) is 0. The highest BCUT2D eigenvalue weighted by molar-refractivity contribution is 6.23. The molecule has 0 radical (unpaired) electrons. The zero-order chi connectivity index (χ0) is 14.4. The maximum absolute atomic E-state index is 12.2. The molecular formula is C17H20O3. The molecule has 0 bridgehead atoms. The molecule has 0 saturated heterocycles. The van der Waals surface area contributed by atoms with Crippen LogP contribution in [0.25, 0.3) is 0 Å². The predicted molar refractivity (Wildman–Crippen MR) is 77.9 cm³/mol. The summed E-state index contributed by atoms with van der Waals surface area (Å²) in [4.78, 5) is 24.1. The lowest BCUT2D eigenvalue weighted by Gasteiger charge is -2.15. The molecule has 106 valence electrons. The number of unbranched alkanes of at least 4 members (excludes halogenated alkanes) is 4. The Morgan fingerprint density at radius 1 is 0.950 bits per heavy atom. The highest BCUT2D eigenvalue weighted by Crippen LogP contribution is 2.21. The molecule has 2 rings (SSSR count). The van der Waals surface area contributed by atoms with E-state index in [-0.39, 0.29) is 17.3 Å². The summed E-state index contributed by atoms with van der Waals surface area (Å²) in [5.74, 6) is -0.154. The first-order valence-electron chi connectivity index (χ1n) is 7.26. The SMILES string of the molecule is CCCCCCCOC1=CC(=O)c2ccccc2C1=O. The van der Waals surface area contributed by atoms with Gasteiger partial charge in [0.1, 0.15) is 0 Å². The van der Waals surface area contributed by atoms with E-state index < -0.39 is 0 Å². The number of rotatable bonds is 7. The molecule has 0 fully saturated rings. The lowest BCUT2D eigenvalue weighted by atomic mass is 9.94. The number of ketones is 2. The number of ether oxygens (including phenoxy) is 1. The molecule has 3 heteroatoms. The molecule has 0 spiro atoms. The third kappa shape index (κ3) is 3.35. The lowest BCUT2D eigenvalue weighted by Crippen LogP contribution is -2.18. The van der Waals surface area contributed by atoms with Gasteiger partial charge < -0.3 is 4.74 Å². The highest BCUT2D eigenvalue weighted by Gasteiger charge is 2.26. The van der Waals surface area contributed by atoms with Crippen LogP contribution in [0.5, 0.6) is 0 Å². The lowest BCUT2D eigenvalue weighted by molar-refractivity contribution is 0.0879. The molecule has 1 aliphatic carbocycles. The second-order valence-electron chi connectivity index (χ2n) is 5.01. The molecule has 20 heavy (non-hydrogen) atoms. The molecule has 0 aromatic heterocycles. The molecule has 0 N–H and O–H groups in total. The van der Waals surface area contributed by atoms with Crippen LogP contribution < -0.4 is 0 Å². The Hall–Kier alpha value is -1.90. The maximum atomic E-state index is 12.2. The predicted octanol–water partition coefficient (Wildman–Crippen LogP) is 3.94. The third-order valence-corrected chi connectivity index (χ3v) is 3.43. The van der Waals surface area contributed by atoms with E-state index in [4.69, 9.17) is 4.74 Å². The molecule has 1 aliphatic rings. The number of carbonyl (C=O) groups excluding carboxylic acids is 2. The summed E-state index contributed by atoms with van der Waals surface area (Å²) >= 11 is 0. The van der Waals surface area contributed by atoms with E-state index in [0.717, 1.165) is 12.8 Å². The standard InChI is InChI=1S/C17H20O3/c1-2-3-4-5-8-11-20-16-12-15(18)13-9-6-7-10-14(13)17(16)19/h6-7,9-10,12H,2-5,8,11H2,1H3. The monoisotopic (exact) mass is 272 g/mol. The van der Waals surface area contributed by atoms with Gasteiger partial charge in [-0.05, 0) is 6.42 Å². The van der Waals surface area contributed by atoms with Gasteiger partial charge in [0.05, 0.1) is 6.61 Å². The van der Waals surface area contributed by atoms with Crippen LogP contribution in [0.4, 0.5) is 0 Å². The zero-order valence-corrected chi connectivity index (χ0v) is 11.9. The summed E-state index contributed by atoms with van der Waals surface area (Å²) in [7, 11) is 0. The van der Waals surface area contributed by atoms with Crippen molar-refractivity contribution in [2.75, 3.05) is 6.61 Å². The van der Waals surface area contributed by atoms with Crippen molar-refractivity contribution in [2.45, 2.75) is 39.0 Å². The van der Waals surface area contributed by atoms with Crippen molar-refractivity contribution in [1.82, 2.24) is 0 Å². The van der Waals surface area contributed by atoms with Crippen molar-refractivity contribution >= 4 is 11.6 Å². The molecule has 1 aromatic carbocycles. The van der Waals surface area contributed by atoms with Crippen molar-refractivity contribution in [3.05, 3.63) is 47.2 Å². The average Bonchev–Trinajstić information content (AvgIpc) is 2.47. The fraction of sp³-hybridized carbons (Fsp3) is 0.412. The van der Waals surface area contributed by atoms with Gasteiger partial charge in [-0.15, -0.1) is 0 Å². The van der Waals surface area contributed by atoms with Crippen LogP contribution in [0.2, 0.25) is 0 Å². The van der Waals surface area contributed by atoms with Crippen molar-refractivity contribution < 1.29 is 14.3 Å². The van der Waals surface area contributed by atoms with E-state index in [1.54, 1.807) is 24.3 Å². The topological polar surface area (TPSA) is 43.4 Å². The Labute approximate surface area is 119 Å². The van der Waals surface area contributed by atoms with Crippen molar-refractivity contribution in [2.24, 2.45) is 0 Å². The maximum Gasteiger partial charge on any atom is 0.228 e. The Morgan fingerprint density at radius 3 is 2.40 bits per heavy atom. The van der Waals surface area contributed by atoms with Crippen LogP contribution in [0.3, 0.4) is 0 Å². The number of Topliss-reactive ketones (excluding diaryl/α,β-unsaturated/α-hetero) is 1. The summed E-state index contributed by atoms with van der Waals surface area (Å²) in [5, 5.41) is 0. The van der Waals surface area contributed by atoms with Crippen molar-refractivity contribution in [3.63, 3.8) is 0 Å². The van der Waals surface area contributed by atoms with Crippen LogP contribution >= 0.6 is 0 Å². The van der Waals surface area contributed by atoms with Gasteiger partial charge in [0.2, 0.25) is 5.78 Å².